The van der Waals surface area contributed by atoms with Crippen LogP contribution in [0.15, 0.2) is 48.5 Å². The fraction of sp³-hybridized carbons (Fsp3) is 0.455. The van der Waals surface area contributed by atoms with E-state index in [4.69, 9.17) is 14.2 Å². The van der Waals surface area contributed by atoms with Gasteiger partial charge in [-0.15, -0.1) is 11.8 Å². The highest BCUT2D eigenvalue weighted by Gasteiger charge is 2.44. The molecule has 2 aromatic carbocycles. The van der Waals surface area contributed by atoms with Crippen molar-refractivity contribution >= 4 is 11.8 Å². The summed E-state index contributed by atoms with van der Waals surface area (Å²) < 4.78 is 17.4. The van der Waals surface area contributed by atoms with Crippen molar-refractivity contribution < 1.29 is 19.3 Å². The number of ether oxygens (including phenoxy) is 3. The van der Waals surface area contributed by atoms with Crippen LogP contribution in [0.1, 0.15) is 22.3 Å². The van der Waals surface area contributed by atoms with Crippen LogP contribution in [0.4, 0.5) is 0 Å². The first-order chi connectivity index (χ1) is 13.1. The zero-order valence-electron chi connectivity index (χ0n) is 16.1. The van der Waals surface area contributed by atoms with Crippen LogP contribution in [-0.4, -0.2) is 41.7 Å². The molecule has 0 amide bonds. The van der Waals surface area contributed by atoms with Gasteiger partial charge in [0.15, 0.2) is 0 Å². The molecule has 4 atom stereocenters. The summed E-state index contributed by atoms with van der Waals surface area (Å²) >= 11 is 1.58. The largest absolute Gasteiger partial charge is 0.387 e. The van der Waals surface area contributed by atoms with E-state index in [1.54, 1.807) is 18.9 Å². The quantitative estimate of drug-likeness (QED) is 0.744. The van der Waals surface area contributed by atoms with Gasteiger partial charge < -0.3 is 19.3 Å². The van der Waals surface area contributed by atoms with E-state index in [2.05, 4.69) is 62.4 Å². The van der Waals surface area contributed by atoms with Crippen LogP contribution in [0.2, 0.25) is 0 Å². The van der Waals surface area contributed by atoms with Gasteiger partial charge in [-0.2, -0.15) is 0 Å². The molecule has 2 aromatic rings. The van der Waals surface area contributed by atoms with E-state index in [-0.39, 0.29) is 16.8 Å². The number of hydrogen-bond acceptors (Lipinski definition) is 5. The maximum atomic E-state index is 10.6. The Bertz CT molecular complexity index is 701. The van der Waals surface area contributed by atoms with Gasteiger partial charge >= 0.3 is 0 Å². The average Bonchev–Trinajstić information content (AvgIpc) is 2.98. The van der Waals surface area contributed by atoms with Crippen molar-refractivity contribution in [3.05, 3.63) is 70.8 Å². The third kappa shape index (κ3) is 5.56. The van der Waals surface area contributed by atoms with Gasteiger partial charge in [0.25, 0.3) is 0 Å². The molecular weight excluding hydrogens is 360 g/mol. The summed E-state index contributed by atoms with van der Waals surface area (Å²) in [5, 5.41) is 10.6. The molecule has 0 spiro atoms. The summed E-state index contributed by atoms with van der Waals surface area (Å²) in [7, 11) is 1.62. The second-order valence-electron chi connectivity index (χ2n) is 7.03. The van der Waals surface area contributed by atoms with E-state index in [1.165, 1.54) is 11.1 Å². The first-order valence-electron chi connectivity index (χ1n) is 9.23. The SMILES string of the molecule is COC1S[C@H](COCc2ccc(C)cc2)[C@@H](OCc2ccc(C)cc2)[C@@H]1O. The molecule has 1 unspecified atom stereocenters. The number of aliphatic hydroxyl groups excluding tert-OH is 1. The highest BCUT2D eigenvalue weighted by atomic mass is 32.2. The first kappa shape index (κ1) is 20.4. The van der Waals surface area contributed by atoms with Gasteiger partial charge in [0, 0.05) is 7.11 Å². The minimum absolute atomic E-state index is 0.0286. The van der Waals surface area contributed by atoms with Crippen molar-refractivity contribution in [2.24, 2.45) is 0 Å². The summed E-state index contributed by atoms with van der Waals surface area (Å²) in [6.45, 7) is 5.66. The van der Waals surface area contributed by atoms with Crippen LogP contribution in [0.25, 0.3) is 0 Å². The second-order valence-corrected chi connectivity index (χ2v) is 8.37. The van der Waals surface area contributed by atoms with Gasteiger partial charge in [-0.3, -0.25) is 0 Å². The Morgan fingerprint density at radius 1 is 0.889 bits per heavy atom. The zero-order valence-corrected chi connectivity index (χ0v) is 16.9. The van der Waals surface area contributed by atoms with Gasteiger partial charge in [0.05, 0.1) is 25.1 Å². The molecule has 146 valence electrons. The molecule has 5 heteroatoms. The summed E-state index contributed by atoms with van der Waals surface area (Å²) in [5.41, 5.74) is 4.40. The number of hydrogen-bond donors (Lipinski definition) is 1. The Morgan fingerprint density at radius 2 is 1.44 bits per heavy atom. The molecule has 1 aliphatic rings. The topological polar surface area (TPSA) is 47.9 Å². The van der Waals surface area contributed by atoms with E-state index < -0.39 is 6.10 Å². The molecule has 1 saturated heterocycles. The van der Waals surface area contributed by atoms with E-state index >= 15 is 0 Å². The maximum Gasteiger partial charge on any atom is 0.131 e. The van der Waals surface area contributed by atoms with Gasteiger partial charge in [-0.05, 0) is 25.0 Å². The Hall–Kier alpha value is -1.37. The minimum atomic E-state index is -0.668. The molecule has 0 saturated carbocycles. The number of benzene rings is 2. The van der Waals surface area contributed by atoms with Crippen LogP contribution in [-0.2, 0) is 27.4 Å². The molecule has 1 aliphatic heterocycles. The molecule has 27 heavy (non-hydrogen) atoms. The van der Waals surface area contributed by atoms with Crippen LogP contribution in [0.3, 0.4) is 0 Å². The molecule has 3 rings (SSSR count). The molecule has 1 heterocycles. The minimum Gasteiger partial charge on any atom is -0.387 e. The Balaban J connectivity index is 1.55. The van der Waals surface area contributed by atoms with Crippen LogP contribution in [0.5, 0.6) is 0 Å². The average molecular weight is 389 g/mol. The fourth-order valence-electron chi connectivity index (χ4n) is 3.09. The zero-order chi connectivity index (χ0) is 19.2. The maximum absolute atomic E-state index is 10.6. The van der Waals surface area contributed by atoms with Gasteiger partial charge in [-0.1, -0.05) is 59.7 Å². The molecule has 4 nitrogen and oxygen atoms in total. The Morgan fingerprint density at radius 3 is 2.00 bits per heavy atom. The van der Waals surface area contributed by atoms with Crippen molar-refractivity contribution in [2.45, 2.75) is 50.0 Å². The molecule has 1 N–H and O–H groups in total. The fourth-order valence-corrected chi connectivity index (χ4v) is 4.43. The molecule has 0 radical (unpaired) electrons. The van der Waals surface area contributed by atoms with E-state index in [1.807, 2.05) is 0 Å². The summed E-state index contributed by atoms with van der Waals surface area (Å²) in [4.78, 5) is 0. The first-order valence-corrected chi connectivity index (χ1v) is 10.2. The van der Waals surface area contributed by atoms with Crippen LogP contribution >= 0.6 is 11.8 Å². The van der Waals surface area contributed by atoms with E-state index in [0.29, 0.717) is 19.8 Å². The standard InChI is InChI=1S/C22H28O4S/c1-15-4-8-17(9-5-15)12-25-14-19-21(20(23)22(24-3)27-19)26-13-18-10-6-16(2)7-11-18/h4-11,19-23H,12-14H2,1-3H3/t19-,20+,21-,22?/m1/s1. The van der Waals surface area contributed by atoms with Crippen molar-refractivity contribution in [3.8, 4) is 0 Å². The van der Waals surface area contributed by atoms with Crippen LogP contribution in [0, 0.1) is 13.8 Å². The molecule has 0 aromatic heterocycles. The molecule has 0 bridgehead atoms. The Labute approximate surface area is 165 Å². The number of methoxy groups -OCH3 is 1. The van der Waals surface area contributed by atoms with Crippen molar-refractivity contribution in [3.63, 3.8) is 0 Å². The third-order valence-electron chi connectivity index (χ3n) is 4.76. The van der Waals surface area contributed by atoms with Gasteiger partial charge in [-0.25, -0.2) is 0 Å². The number of aliphatic hydroxyl groups is 1. The predicted octanol–water partition coefficient (Wildman–Crippen LogP) is 3.85. The molecule has 0 aliphatic carbocycles. The summed E-state index contributed by atoms with van der Waals surface area (Å²) in [6.07, 6.45) is -0.988. The van der Waals surface area contributed by atoms with Crippen molar-refractivity contribution in [2.75, 3.05) is 13.7 Å². The predicted molar refractivity (Wildman–Crippen MR) is 109 cm³/mol. The smallest absolute Gasteiger partial charge is 0.131 e. The highest BCUT2D eigenvalue weighted by molar-refractivity contribution is 8.00. The van der Waals surface area contributed by atoms with Crippen LogP contribution < -0.4 is 0 Å². The lowest BCUT2D eigenvalue weighted by molar-refractivity contribution is -0.0767. The normalized spacial score (nSPS) is 25.0. The second kappa shape index (κ2) is 9.71. The molecular formula is C22H28O4S. The summed E-state index contributed by atoms with van der Waals surface area (Å²) in [5.74, 6) is 0. The monoisotopic (exact) mass is 388 g/mol. The highest BCUT2D eigenvalue weighted by Crippen LogP contribution is 2.37. The number of aryl methyl sites for hydroxylation is 2. The number of rotatable bonds is 8. The summed E-state index contributed by atoms with van der Waals surface area (Å²) in [6, 6.07) is 16.6. The Kier molecular flexibility index (Phi) is 7.33. The van der Waals surface area contributed by atoms with Crippen molar-refractivity contribution in [1.82, 2.24) is 0 Å². The van der Waals surface area contributed by atoms with E-state index in [9.17, 15) is 5.11 Å². The lowest BCUT2D eigenvalue weighted by Crippen LogP contribution is -2.37. The number of thioether (sulfide) groups is 1. The lowest BCUT2D eigenvalue weighted by Gasteiger charge is -2.22. The van der Waals surface area contributed by atoms with Gasteiger partial charge in [0.1, 0.15) is 17.6 Å². The van der Waals surface area contributed by atoms with Crippen molar-refractivity contribution in [1.29, 1.82) is 0 Å². The molecule has 1 fully saturated rings. The van der Waals surface area contributed by atoms with Gasteiger partial charge in [0.2, 0.25) is 0 Å². The lowest BCUT2D eigenvalue weighted by atomic mass is 10.1. The van der Waals surface area contributed by atoms with E-state index in [0.717, 1.165) is 11.1 Å². The third-order valence-corrected chi connectivity index (χ3v) is 6.25.